The molecule has 2 N–H and O–H groups in total. The Kier molecular flexibility index (Phi) is 8.33. The fraction of sp³-hybridized carbons (Fsp3) is 0.237. The number of urea groups is 1. The summed E-state index contributed by atoms with van der Waals surface area (Å²) in [5, 5.41) is 6.27. The third-order valence-electron chi connectivity index (χ3n) is 9.04. The number of aryl methyl sites for hydroxylation is 1. The van der Waals surface area contributed by atoms with Gasteiger partial charge in [-0.1, -0.05) is 42.5 Å². The number of allylic oxidation sites excluding steroid dienone is 1. The molecule has 2 aromatic carbocycles. The molecule has 246 valence electrons. The van der Waals surface area contributed by atoms with Crippen LogP contribution in [0.3, 0.4) is 0 Å². The van der Waals surface area contributed by atoms with Gasteiger partial charge in [0.2, 0.25) is 5.95 Å². The first kappa shape index (κ1) is 31.6. The lowest BCUT2D eigenvalue weighted by Gasteiger charge is -2.37. The summed E-state index contributed by atoms with van der Waals surface area (Å²) in [6.45, 7) is 5.97. The molecule has 2 aromatic heterocycles. The van der Waals surface area contributed by atoms with E-state index in [9.17, 15) is 14.4 Å². The van der Waals surface area contributed by atoms with E-state index in [0.29, 0.717) is 23.8 Å². The number of anilines is 3. The van der Waals surface area contributed by atoms with E-state index < -0.39 is 6.04 Å². The van der Waals surface area contributed by atoms with Crippen LogP contribution in [0.25, 0.3) is 0 Å². The van der Waals surface area contributed by atoms with Crippen LogP contribution in [0.1, 0.15) is 58.6 Å². The van der Waals surface area contributed by atoms with Crippen molar-refractivity contribution in [2.45, 2.75) is 52.2 Å². The molecular weight excluding hydrogens is 616 g/mol. The van der Waals surface area contributed by atoms with Gasteiger partial charge in [-0.05, 0) is 68.7 Å². The van der Waals surface area contributed by atoms with Gasteiger partial charge in [0.15, 0.2) is 5.78 Å². The van der Waals surface area contributed by atoms with Gasteiger partial charge in [0.25, 0.3) is 5.91 Å². The first-order chi connectivity index (χ1) is 23.6. The van der Waals surface area contributed by atoms with Crippen LogP contribution < -0.4 is 15.5 Å². The lowest BCUT2D eigenvalue weighted by atomic mass is 9.93. The van der Waals surface area contributed by atoms with Crippen LogP contribution in [-0.4, -0.2) is 62.4 Å². The molecule has 0 spiro atoms. The molecule has 0 saturated heterocycles. The molecule has 2 atom stereocenters. The largest absolute Gasteiger partial charge is 0.345 e. The van der Waals surface area contributed by atoms with E-state index in [2.05, 4.69) is 25.6 Å². The maximum atomic E-state index is 13.7. The van der Waals surface area contributed by atoms with Crippen LogP contribution in [0.4, 0.5) is 22.2 Å². The third kappa shape index (κ3) is 6.34. The summed E-state index contributed by atoms with van der Waals surface area (Å²) >= 11 is 0. The molecule has 11 heteroatoms. The van der Waals surface area contributed by atoms with Gasteiger partial charge in [0.1, 0.15) is 11.9 Å². The van der Waals surface area contributed by atoms with E-state index in [1.165, 1.54) is 4.90 Å². The van der Waals surface area contributed by atoms with E-state index in [4.69, 9.17) is 4.99 Å². The van der Waals surface area contributed by atoms with Gasteiger partial charge < -0.3 is 10.6 Å². The Morgan fingerprint density at radius 3 is 2.55 bits per heavy atom. The molecule has 0 fully saturated rings. The van der Waals surface area contributed by atoms with Crippen LogP contribution in [-0.2, 0) is 17.8 Å². The predicted octanol–water partition coefficient (Wildman–Crippen LogP) is 5.68. The summed E-state index contributed by atoms with van der Waals surface area (Å²) in [5.74, 6) is 0.639. The van der Waals surface area contributed by atoms with E-state index in [0.717, 1.165) is 50.6 Å². The number of nitrogens with one attached hydrogen (secondary N) is 2. The third-order valence-corrected chi connectivity index (χ3v) is 9.04. The van der Waals surface area contributed by atoms with Gasteiger partial charge in [0, 0.05) is 53.3 Å². The lowest BCUT2D eigenvalue weighted by molar-refractivity contribution is -0.119. The monoisotopic (exact) mass is 652 g/mol. The quantitative estimate of drug-likeness (QED) is 0.274. The summed E-state index contributed by atoms with van der Waals surface area (Å²) in [6.07, 6.45) is 8.17. The molecule has 1 unspecified atom stereocenters. The number of amides is 3. The van der Waals surface area contributed by atoms with Crippen molar-refractivity contribution >= 4 is 40.9 Å². The minimum Gasteiger partial charge on any atom is -0.345 e. The zero-order valence-electron chi connectivity index (χ0n) is 27.8. The number of aliphatic imine (C=N–C) groups is 1. The van der Waals surface area contributed by atoms with Gasteiger partial charge in [-0.2, -0.15) is 4.98 Å². The number of aromatic nitrogens is 3. The molecule has 11 nitrogen and oxygen atoms in total. The number of hydrogen-bond acceptors (Lipinski definition) is 8. The highest BCUT2D eigenvalue weighted by molar-refractivity contribution is 6.16. The zero-order valence-corrected chi connectivity index (χ0v) is 27.8. The Bertz CT molecular complexity index is 2070. The molecule has 0 saturated carbocycles. The Morgan fingerprint density at radius 1 is 0.959 bits per heavy atom. The lowest BCUT2D eigenvalue weighted by Crippen LogP contribution is -2.46. The molecule has 3 amide bonds. The Hall–Kier alpha value is -5.97. The highest BCUT2D eigenvalue weighted by Gasteiger charge is 2.34. The molecule has 4 aromatic rings. The number of nitrogens with zero attached hydrogens (tertiary/aromatic N) is 6. The van der Waals surface area contributed by atoms with Crippen molar-refractivity contribution in [3.63, 3.8) is 0 Å². The Labute approximate surface area is 284 Å². The molecular formula is C38H36N8O3. The van der Waals surface area contributed by atoms with Gasteiger partial charge in [-0.25, -0.2) is 9.78 Å². The molecule has 2 aliphatic heterocycles. The Morgan fingerprint density at radius 2 is 1.78 bits per heavy atom. The van der Waals surface area contributed by atoms with Crippen LogP contribution in [0.5, 0.6) is 0 Å². The number of pyridine rings is 1. The zero-order chi connectivity index (χ0) is 34.2. The summed E-state index contributed by atoms with van der Waals surface area (Å²) in [6, 6.07) is 18.0. The minimum absolute atomic E-state index is 0.00408. The predicted molar refractivity (Wildman–Crippen MR) is 188 cm³/mol. The average molecular weight is 653 g/mol. The van der Waals surface area contributed by atoms with Gasteiger partial charge >= 0.3 is 6.03 Å². The fourth-order valence-electron chi connectivity index (χ4n) is 6.29. The van der Waals surface area contributed by atoms with Crippen molar-refractivity contribution in [3.8, 4) is 0 Å². The van der Waals surface area contributed by atoms with Crippen LogP contribution >= 0.6 is 0 Å². The molecule has 49 heavy (non-hydrogen) atoms. The molecule has 1 aliphatic carbocycles. The van der Waals surface area contributed by atoms with Crippen molar-refractivity contribution < 1.29 is 14.4 Å². The number of carbonyl (C=O) groups is 3. The van der Waals surface area contributed by atoms with E-state index in [1.807, 2.05) is 81.5 Å². The minimum atomic E-state index is -0.481. The number of hydrogen-bond donors (Lipinski definition) is 2. The summed E-state index contributed by atoms with van der Waals surface area (Å²) in [7, 11) is 1.69. The number of rotatable bonds is 6. The van der Waals surface area contributed by atoms with E-state index in [1.54, 1.807) is 36.5 Å². The number of ketones is 1. The molecule has 4 heterocycles. The van der Waals surface area contributed by atoms with Crippen molar-refractivity contribution in [2.75, 3.05) is 17.3 Å². The standard InChI is InChI=1S/C38H36N8O3/c1-22-10-13-29(42-36(48)26-12-15-31-27(16-26)17-33(47)24(3)41-34(31)25-8-6-5-7-9-25)18-32(22)46-21-28-19-40-37(44-35(28)45(4)38(46)49)43-30-14-11-23(2)39-20-30/h5-12,14-16,18-20,24,29H,13,17,21H2,1-4H3,(H,42,48)(H,40,43,44)/t24-,29?/m0/s1. The van der Waals surface area contributed by atoms with Crippen LogP contribution in [0.2, 0.25) is 0 Å². The van der Waals surface area contributed by atoms with Crippen molar-refractivity contribution in [1.29, 1.82) is 0 Å². The molecule has 3 aliphatic rings. The van der Waals surface area contributed by atoms with Crippen molar-refractivity contribution in [1.82, 2.24) is 25.2 Å². The second kappa shape index (κ2) is 12.9. The summed E-state index contributed by atoms with van der Waals surface area (Å²) in [5.41, 5.74) is 7.86. The number of benzene rings is 2. The van der Waals surface area contributed by atoms with E-state index in [-0.39, 0.29) is 36.7 Å². The maximum absolute atomic E-state index is 13.7. The molecule has 0 radical (unpaired) electrons. The first-order valence-electron chi connectivity index (χ1n) is 16.2. The first-order valence-corrected chi connectivity index (χ1v) is 16.2. The molecule has 0 bridgehead atoms. The summed E-state index contributed by atoms with van der Waals surface area (Å²) in [4.78, 5) is 61.6. The van der Waals surface area contributed by atoms with Crippen molar-refractivity contribution in [3.05, 3.63) is 130 Å². The van der Waals surface area contributed by atoms with Crippen LogP contribution in [0, 0.1) is 6.92 Å². The normalized spacial score (nSPS) is 18.8. The van der Waals surface area contributed by atoms with E-state index >= 15 is 0 Å². The average Bonchev–Trinajstić information content (AvgIpc) is 3.23. The second-order valence-corrected chi connectivity index (χ2v) is 12.6. The fourth-order valence-corrected chi connectivity index (χ4v) is 6.29. The maximum Gasteiger partial charge on any atom is 0.330 e. The highest BCUT2D eigenvalue weighted by atomic mass is 16.2. The second-order valence-electron chi connectivity index (χ2n) is 12.6. The number of Topliss-reactive ketones (excluding diaryl/α,β-unsaturated/α-hetero) is 1. The van der Waals surface area contributed by atoms with Gasteiger partial charge in [-0.15, -0.1) is 0 Å². The SMILES string of the molecule is CC1=CCC(NC(=O)c2ccc3c(c2)CC(=O)[C@H](C)N=C3c2ccccc2)C=C1N1Cc2cnc(Nc3ccc(C)nc3)nc2N(C)C1=O. The van der Waals surface area contributed by atoms with Crippen LogP contribution in [0.15, 0.2) is 101 Å². The molecule has 7 rings (SSSR count). The number of carbonyl (C=O) groups excluding carboxylic acids is 3. The highest BCUT2D eigenvalue weighted by Crippen LogP contribution is 2.33. The smallest absolute Gasteiger partial charge is 0.330 e. The van der Waals surface area contributed by atoms with Gasteiger partial charge in [-0.3, -0.25) is 29.4 Å². The van der Waals surface area contributed by atoms with Crippen molar-refractivity contribution in [2.24, 2.45) is 4.99 Å². The summed E-state index contributed by atoms with van der Waals surface area (Å²) < 4.78 is 0. The number of fused-ring (bicyclic) bond motifs is 2. The Balaban J connectivity index is 1.10. The topological polar surface area (TPSA) is 133 Å². The van der Waals surface area contributed by atoms with Gasteiger partial charge in [0.05, 0.1) is 30.2 Å².